The first-order valence-electron chi connectivity index (χ1n) is 7.01. The zero-order chi connectivity index (χ0) is 15.7. The molecule has 6 heteroatoms. The van der Waals surface area contributed by atoms with Gasteiger partial charge in [-0.1, -0.05) is 12.1 Å². The SMILES string of the molecule is CC(C)(C)N1CCN(S(=O)(=O)c2ccccc2C#N)CC1. The van der Waals surface area contributed by atoms with Crippen LogP contribution in [0.4, 0.5) is 0 Å². The molecule has 0 aliphatic carbocycles. The number of rotatable bonds is 2. The summed E-state index contributed by atoms with van der Waals surface area (Å²) in [5.74, 6) is 0. The van der Waals surface area contributed by atoms with Crippen LogP contribution in [0.5, 0.6) is 0 Å². The van der Waals surface area contributed by atoms with E-state index >= 15 is 0 Å². The molecule has 2 rings (SSSR count). The molecule has 21 heavy (non-hydrogen) atoms. The summed E-state index contributed by atoms with van der Waals surface area (Å²) in [5, 5.41) is 9.09. The maximum absolute atomic E-state index is 12.7. The highest BCUT2D eigenvalue weighted by Crippen LogP contribution is 2.23. The van der Waals surface area contributed by atoms with E-state index in [0.29, 0.717) is 26.2 Å². The molecule has 0 saturated carbocycles. The van der Waals surface area contributed by atoms with E-state index in [1.54, 1.807) is 12.1 Å². The van der Waals surface area contributed by atoms with Gasteiger partial charge in [-0.2, -0.15) is 9.57 Å². The molecule has 0 atom stereocenters. The van der Waals surface area contributed by atoms with Crippen LogP contribution in [0, 0.1) is 11.3 Å². The molecule has 1 aliphatic heterocycles. The molecule has 1 saturated heterocycles. The Labute approximate surface area is 126 Å². The summed E-state index contributed by atoms with van der Waals surface area (Å²) in [6.07, 6.45) is 0. The molecule has 0 N–H and O–H groups in total. The Kier molecular flexibility index (Phi) is 4.38. The molecular formula is C15H21N3O2S. The second-order valence-electron chi connectivity index (χ2n) is 6.17. The van der Waals surface area contributed by atoms with Crippen LogP contribution in [-0.4, -0.2) is 49.3 Å². The average Bonchev–Trinajstić information content (AvgIpc) is 2.46. The largest absolute Gasteiger partial charge is 0.296 e. The molecule has 1 aromatic carbocycles. The van der Waals surface area contributed by atoms with Crippen molar-refractivity contribution in [3.63, 3.8) is 0 Å². The summed E-state index contributed by atoms with van der Waals surface area (Å²) in [6, 6.07) is 8.33. The van der Waals surface area contributed by atoms with E-state index in [0.717, 1.165) is 0 Å². The fourth-order valence-corrected chi connectivity index (χ4v) is 4.09. The van der Waals surface area contributed by atoms with Gasteiger partial charge in [0.2, 0.25) is 10.0 Å². The van der Waals surface area contributed by atoms with Crippen LogP contribution in [0.25, 0.3) is 0 Å². The highest BCUT2D eigenvalue weighted by atomic mass is 32.2. The number of sulfonamides is 1. The average molecular weight is 307 g/mol. The van der Waals surface area contributed by atoms with Gasteiger partial charge in [0.15, 0.2) is 0 Å². The van der Waals surface area contributed by atoms with Gasteiger partial charge in [0, 0.05) is 31.7 Å². The van der Waals surface area contributed by atoms with Crippen molar-refractivity contribution < 1.29 is 8.42 Å². The summed E-state index contributed by atoms with van der Waals surface area (Å²) >= 11 is 0. The number of hydrogen-bond donors (Lipinski definition) is 0. The first kappa shape index (κ1) is 16.0. The van der Waals surface area contributed by atoms with E-state index in [2.05, 4.69) is 25.7 Å². The first-order chi connectivity index (χ1) is 9.76. The molecule has 0 spiro atoms. The molecule has 5 nitrogen and oxygen atoms in total. The minimum absolute atomic E-state index is 0.0421. The van der Waals surface area contributed by atoms with E-state index in [9.17, 15) is 8.42 Å². The Balaban J connectivity index is 2.22. The normalized spacial score (nSPS) is 18.4. The van der Waals surface area contributed by atoms with Crippen molar-refractivity contribution >= 4 is 10.0 Å². The van der Waals surface area contributed by atoms with Gasteiger partial charge in [0.05, 0.1) is 10.5 Å². The predicted octanol–water partition coefficient (Wildman–Crippen LogP) is 1.66. The van der Waals surface area contributed by atoms with E-state index in [-0.39, 0.29) is 16.0 Å². The van der Waals surface area contributed by atoms with Crippen LogP contribution in [0.1, 0.15) is 26.3 Å². The van der Waals surface area contributed by atoms with Crippen LogP contribution in [0.3, 0.4) is 0 Å². The fraction of sp³-hybridized carbons (Fsp3) is 0.533. The topological polar surface area (TPSA) is 64.4 Å². The van der Waals surface area contributed by atoms with Gasteiger partial charge in [-0.3, -0.25) is 4.90 Å². The lowest BCUT2D eigenvalue weighted by Crippen LogP contribution is -2.54. The maximum atomic E-state index is 12.7. The molecular weight excluding hydrogens is 286 g/mol. The predicted molar refractivity (Wildman–Crippen MR) is 81.2 cm³/mol. The highest BCUT2D eigenvalue weighted by Gasteiger charge is 2.33. The van der Waals surface area contributed by atoms with Crippen LogP contribution in [0.2, 0.25) is 0 Å². The third-order valence-corrected chi connectivity index (χ3v) is 5.77. The van der Waals surface area contributed by atoms with Gasteiger partial charge in [-0.15, -0.1) is 0 Å². The zero-order valence-electron chi connectivity index (χ0n) is 12.7. The standard InChI is InChI=1S/C15H21N3O2S/c1-15(2,3)17-8-10-18(11-9-17)21(19,20)14-7-5-4-6-13(14)12-16/h4-7H,8-11H2,1-3H3. The van der Waals surface area contributed by atoms with Crippen LogP contribution in [0.15, 0.2) is 29.2 Å². The van der Waals surface area contributed by atoms with Crippen molar-refractivity contribution in [1.29, 1.82) is 5.26 Å². The lowest BCUT2D eigenvalue weighted by Gasteiger charge is -2.41. The zero-order valence-corrected chi connectivity index (χ0v) is 13.5. The minimum atomic E-state index is -3.59. The first-order valence-corrected chi connectivity index (χ1v) is 8.45. The quantitative estimate of drug-likeness (QED) is 0.833. The smallest absolute Gasteiger partial charge is 0.244 e. The molecule has 0 bridgehead atoms. The van der Waals surface area contributed by atoms with E-state index in [1.807, 2.05) is 6.07 Å². The second-order valence-corrected chi connectivity index (χ2v) is 8.08. The molecule has 1 fully saturated rings. The highest BCUT2D eigenvalue weighted by molar-refractivity contribution is 7.89. The van der Waals surface area contributed by atoms with Gasteiger partial charge < -0.3 is 0 Å². The Hall–Kier alpha value is -1.42. The van der Waals surface area contributed by atoms with Crippen molar-refractivity contribution in [2.45, 2.75) is 31.2 Å². The van der Waals surface area contributed by atoms with Gasteiger partial charge in [-0.05, 0) is 32.9 Å². The van der Waals surface area contributed by atoms with Crippen molar-refractivity contribution in [1.82, 2.24) is 9.21 Å². The van der Waals surface area contributed by atoms with Crippen molar-refractivity contribution in [3.05, 3.63) is 29.8 Å². The van der Waals surface area contributed by atoms with Gasteiger partial charge in [0.1, 0.15) is 6.07 Å². The lowest BCUT2D eigenvalue weighted by atomic mass is 10.1. The van der Waals surface area contributed by atoms with Gasteiger partial charge >= 0.3 is 0 Å². The minimum Gasteiger partial charge on any atom is -0.296 e. The molecule has 114 valence electrons. The van der Waals surface area contributed by atoms with Crippen LogP contribution in [-0.2, 0) is 10.0 Å². The molecule has 0 amide bonds. The van der Waals surface area contributed by atoms with Gasteiger partial charge in [0.25, 0.3) is 0 Å². The van der Waals surface area contributed by atoms with Crippen LogP contribution < -0.4 is 0 Å². The summed E-state index contributed by atoms with van der Waals surface area (Å²) in [5.41, 5.74) is 0.246. The van der Waals surface area contributed by atoms with E-state index in [4.69, 9.17) is 5.26 Å². The monoisotopic (exact) mass is 307 g/mol. The summed E-state index contributed by atoms with van der Waals surface area (Å²) in [6.45, 7) is 8.71. The number of benzene rings is 1. The molecule has 1 aromatic rings. The Bertz CT molecular complexity index is 648. The van der Waals surface area contributed by atoms with Crippen molar-refractivity contribution in [3.8, 4) is 6.07 Å². The maximum Gasteiger partial charge on any atom is 0.244 e. The summed E-state index contributed by atoms with van der Waals surface area (Å²) < 4.78 is 26.8. The Morgan fingerprint density at radius 2 is 1.67 bits per heavy atom. The molecule has 0 aromatic heterocycles. The number of hydrogen-bond acceptors (Lipinski definition) is 4. The molecule has 0 unspecified atom stereocenters. The third-order valence-electron chi connectivity index (χ3n) is 3.81. The van der Waals surface area contributed by atoms with E-state index in [1.165, 1.54) is 16.4 Å². The summed E-state index contributed by atoms with van der Waals surface area (Å²) in [7, 11) is -3.59. The van der Waals surface area contributed by atoms with E-state index < -0.39 is 10.0 Å². The van der Waals surface area contributed by atoms with Crippen molar-refractivity contribution in [2.24, 2.45) is 0 Å². The fourth-order valence-electron chi connectivity index (χ4n) is 2.52. The number of nitriles is 1. The second kappa shape index (κ2) is 5.76. The number of nitrogens with zero attached hydrogens (tertiary/aromatic N) is 3. The van der Waals surface area contributed by atoms with Crippen molar-refractivity contribution in [2.75, 3.05) is 26.2 Å². The molecule has 1 aliphatic rings. The Morgan fingerprint density at radius 1 is 1.10 bits per heavy atom. The number of piperazine rings is 1. The Morgan fingerprint density at radius 3 is 2.19 bits per heavy atom. The molecule has 1 heterocycles. The molecule has 0 radical (unpaired) electrons. The lowest BCUT2D eigenvalue weighted by molar-refractivity contribution is 0.0922. The van der Waals surface area contributed by atoms with Gasteiger partial charge in [-0.25, -0.2) is 8.42 Å². The third kappa shape index (κ3) is 3.26. The van der Waals surface area contributed by atoms with Crippen LogP contribution >= 0.6 is 0 Å². The summed E-state index contributed by atoms with van der Waals surface area (Å²) in [4.78, 5) is 2.38.